The van der Waals surface area contributed by atoms with Gasteiger partial charge in [-0.2, -0.15) is 0 Å². The van der Waals surface area contributed by atoms with Gasteiger partial charge >= 0.3 is 12.0 Å². The number of rotatable bonds is 0. The lowest BCUT2D eigenvalue weighted by molar-refractivity contribution is -0.113. The zero-order chi connectivity index (χ0) is 10.3. The molecule has 78 valence electrons. The van der Waals surface area contributed by atoms with Gasteiger partial charge in [0.1, 0.15) is 0 Å². The molecule has 0 atom stereocenters. The molecule has 0 aliphatic carbocycles. The molecule has 0 bridgehead atoms. The highest BCUT2D eigenvalue weighted by Crippen LogP contribution is 2.28. The maximum absolute atomic E-state index is 11.3. The Hall–Kier alpha value is -1.88. The first-order valence-corrected chi connectivity index (χ1v) is 3.83. The maximum atomic E-state index is 11.3. The Morgan fingerprint density at radius 1 is 1.20 bits per heavy atom. The Balaban J connectivity index is 0.00000112. The van der Waals surface area contributed by atoms with Crippen LogP contribution in [-0.4, -0.2) is 22.9 Å². The molecule has 5 nitrogen and oxygen atoms in total. The number of nitrogens with zero attached hydrogens (tertiary/aromatic N) is 1. The van der Waals surface area contributed by atoms with E-state index < -0.39 is 17.8 Å². The number of carbonyl (C=O) groups is 3. The van der Waals surface area contributed by atoms with Gasteiger partial charge in [0.15, 0.2) is 0 Å². The normalized spacial score (nSPS) is 13.5. The monoisotopic (exact) mass is 227 g/mol. The summed E-state index contributed by atoms with van der Waals surface area (Å²) in [5, 5.41) is 8.70. The smallest absolute Gasteiger partial charge is 0.419 e. The molecule has 0 spiro atoms. The first kappa shape index (κ1) is 11.2. The number of amides is 2. The highest BCUT2D eigenvalue weighted by molar-refractivity contribution is 6.55. The Kier molecular flexibility index (Phi) is 2.76. The van der Waals surface area contributed by atoms with Crippen molar-refractivity contribution >= 4 is 35.9 Å². The number of hydrogen-bond donors (Lipinski definition) is 1. The van der Waals surface area contributed by atoms with Gasteiger partial charge in [-0.05, 0) is 12.1 Å². The minimum Gasteiger partial charge on any atom is -0.464 e. The van der Waals surface area contributed by atoms with Crippen LogP contribution in [0.3, 0.4) is 0 Å². The van der Waals surface area contributed by atoms with Crippen LogP contribution in [0.15, 0.2) is 24.3 Å². The SMILES string of the molecule is Cl.O=C1C(=O)N(C(=O)O)c2ccccc21. The molecule has 0 saturated heterocycles. The third-order valence-electron chi connectivity index (χ3n) is 1.98. The molecule has 0 aromatic heterocycles. The van der Waals surface area contributed by atoms with Gasteiger partial charge in [-0.3, -0.25) is 9.59 Å². The van der Waals surface area contributed by atoms with Crippen molar-refractivity contribution in [3.8, 4) is 0 Å². The summed E-state index contributed by atoms with van der Waals surface area (Å²) >= 11 is 0. The van der Waals surface area contributed by atoms with E-state index in [1.54, 1.807) is 12.1 Å². The van der Waals surface area contributed by atoms with Crippen molar-refractivity contribution in [2.24, 2.45) is 0 Å². The second-order valence-corrected chi connectivity index (χ2v) is 2.77. The average Bonchev–Trinajstić information content (AvgIpc) is 2.41. The van der Waals surface area contributed by atoms with Crippen LogP contribution in [0.5, 0.6) is 0 Å². The zero-order valence-corrected chi connectivity index (χ0v) is 8.15. The van der Waals surface area contributed by atoms with E-state index in [0.717, 1.165) is 0 Å². The summed E-state index contributed by atoms with van der Waals surface area (Å²) in [6.07, 6.45) is -1.44. The Bertz CT molecular complexity index is 457. The van der Waals surface area contributed by atoms with Crippen molar-refractivity contribution in [2.45, 2.75) is 0 Å². The number of fused-ring (bicyclic) bond motifs is 1. The molecule has 1 aromatic carbocycles. The summed E-state index contributed by atoms with van der Waals surface area (Å²) in [7, 11) is 0. The molecule has 15 heavy (non-hydrogen) atoms. The Labute approximate surface area is 90.7 Å². The Morgan fingerprint density at radius 3 is 2.40 bits per heavy atom. The van der Waals surface area contributed by atoms with Crippen molar-refractivity contribution < 1.29 is 19.5 Å². The zero-order valence-electron chi connectivity index (χ0n) is 7.34. The van der Waals surface area contributed by atoms with Gasteiger partial charge in [0.05, 0.1) is 11.3 Å². The van der Waals surface area contributed by atoms with Gasteiger partial charge < -0.3 is 5.11 Å². The highest BCUT2D eigenvalue weighted by atomic mass is 35.5. The van der Waals surface area contributed by atoms with Crippen LogP contribution in [0.2, 0.25) is 0 Å². The summed E-state index contributed by atoms with van der Waals surface area (Å²) in [6.45, 7) is 0. The number of para-hydroxylation sites is 1. The van der Waals surface area contributed by atoms with Crippen LogP contribution < -0.4 is 4.90 Å². The number of imide groups is 1. The predicted octanol–water partition coefficient (Wildman–Crippen LogP) is 1.32. The number of carboxylic acid groups (broad SMARTS) is 1. The number of anilines is 1. The fourth-order valence-electron chi connectivity index (χ4n) is 1.38. The molecule has 6 heteroatoms. The molecule has 1 heterocycles. The van der Waals surface area contributed by atoms with Crippen LogP contribution in [0.4, 0.5) is 10.5 Å². The van der Waals surface area contributed by atoms with Crippen LogP contribution in [0.25, 0.3) is 0 Å². The van der Waals surface area contributed by atoms with Crippen molar-refractivity contribution in [2.75, 3.05) is 4.90 Å². The minimum atomic E-state index is -1.44. The number of benzene rings is 1. The largest absolute Gasteiger partial charge is 0.464 e. The summed E-state index contributed by atoms with van der Waals surface area (Å²) in [6, 6.07) is 6.00. The van der Waals surface area contributed by atoms with E-state index in [2.05, 4.69) is 0 Å². The lowest BCUT2D eigenvalue weighted by Crippen LogP contribution is -2.34. The molecule has 0 radical (unpaired) electrons. The molecule has 0 unspecified atom stereocenters. The van der Waals surface area contributed by atoms with E-state index in [-0.39, 0.29) is 23.7 Å². The van der Waals surface area contributed by atoms with Crippen molar-refractivity contribution in [3.05, 3.63) is 29.8 Å². The number of hydrogen-bond acceptors (Lipinski definition) is 3. The maximum Gasteiger partial charge on any atom is 0.419 e. The van der Waals surface area contributed by atoms with Crippen molar-refractivity contribution in [1.29, 1.82) is 0 Å². The van der Waals surface area contributed by atoms with Crippen LogP contribution in [0, 0.1) is 0 Å². The fourth-order valence-corrected chi connectivity index (χ4v) is 1.38. The van der Waals surface area contributed by atoms with Gasteiger partial charge in [-0.15, -0.1) is 12.4 Å². The van der Waals surface area contributed by atoms with Crippen LogP contribution in [-0.2, 0) is 4.79 Å². The van der Waals surface area contributed by atoms with Gasteiger partial charge in [-0.25, -0.2) is 9.69 Å². The Morgan fingerprint density at radius 2 is 1.80 bits per heavy atom. The summed E-state index contributed by atoms with van der Waals surface area (Å²) in [5.74, 6) is -1.79. The highest BCUT2D eigenvalue weighted by Gasteiger charge is 2.39. The molecule has 0 fully saturated rings. The second kappa shape index (κ2) is 3.70. The number of Topliss-reactive ketones (excluding diaryl/α,β-unsaturated/α-hetero) is 1. The molecule has 1 aromatic rings. The molecular weight excluding hydrogens is 222 g/mol. The van der Waals surface area contributed by atoms with E-state index in [9.17, 15) is 14.4 Å². The van der Waals surface area contributed by atoms with Crippen LogP contribution in [0.1, 0.15) is 10.4 Å². The molecule has 2 rings (SSSR count). The molecule has 1 N–H and O–H groups in total. The quantitative estimate of drug-likeness (QED) is 0.678. The third-order valence-corrected chi connectivity index (χ3v) is 1.98. The number of carbonyl (C=O) groups excluding carboxylic acids is 2. The summed E-state index contributed by atoms with van der Waals surface area (Å²) in [4.78, 5) is 33.6. The third kappa shape index (κ3) is 1.46. The van der Waals surface area contributed by atoms with E-state index in [4.69, 9.17) is 5.11 Å². The van der Waals surface area contributed by atoms with Gasteiger partial charge in [-0.1, -0.05) is 12.1 Å². The van der Waals surface area contributed by atoms with Crippen LogP contribution >= 0.6 is 12.4 Å². The fraction of sp³-hybridized carbons (Fsp3) is 0. The van der Waals surface area contributed by atoms with E-state index in [1.165, 1.54) is 12.1 Å². The lowest BCUT2D eigenvalue weighted by Gasteiger charge is -2.08. The van der Waals surface area contributed by atoms with Gasteiger partial charge in [0.2, 0.25) is 0 Å². The number of halogens is 1. The second-order valence-electron chi connectivity index (χ2n) is 2.77. The topological polar surface area (TPSA) is 74.7 Å². The van der Waals surface area contributed by atoms with Gasteiger partial charge in [0, 0.05) is 0 Å². The predicted molar refractivity (Wildman–Crippen MR) is 53.5 cm³/mol. The molecular formula is C9H6ClNO4. The van der Waals surface area contributed by atoms with Gasteiger partial charge in [0.25, 0.3) is 5.78 Å². The summed E-state index contributed by atoms with van der Waals surface area (Å²) < 4.78 is 0. The first-order chi connectivity index (χ1) is 6.63. The standard InChI is InChI=1S/C9H5NO4.ClH/c11-7-5-3-1-2-4-6(5)10(8(7)12)9(13)14;/h1-4H,(H,13,14);1H. The summed E-state index contributed by atoms with van der Waals surface area (Å²) in [5.41, 5.74) is 0.273. The van der Waals surface area contributed by atoms with E-state index in [0.29, 0.717) is 4.90 Å². The first-order valence-electron chi connectivity index (χ1n) is 3.83. The molecule has 1 aliphatic heterocycles. The van der Waals surface area contributed by atoms with Crippen molar-refractivity contribution in [3.63, 3.8) is 0 Å². The van der Waals surface area contributed by atoms with E-state index in [1.807, 2.05) is 0 Å². The minimum absolute atomic E-state index is 0. The molecule has 1 aliphatic rings. The number of ketones is 1. The lowest BCUT2D eigenvalue weighted by atomic mass is 10.1. The average molecular weight is 228 g/mol. The van der Waals surface area contributed by atoms with Crippen molar-refractivity contribution in [1.82, 2.24) is 0 Å². The molecule has 2 amide bonds. The molecule has 0 saturated carbocycles. The van der Waals surface area contributed by atoms with E-state index >= 15 is 0 Å².